The van der Waals surface area contributed by atoms with Crippen molar-refractivity contribution in [3.05, 3.63) is 109 Å². The maximum absolute atomic E-state index is 12.7. The predicted molar refractivity (Wildman–Crippen MR) is 251 cm³/mol. The van der Waals surface area contributed by atoms with Crippen LogP contribution in [0.2, 0.25) is 0 Å². The molecular weight excluding hydrogens is 774 g/mol. The van der Waals surface area contributed by atoms with Gasteiger partial charge in [0, 0.05) is 12.8 Å². The number of allylic oxidation sites excluding steroid dienone is 18. The molecule has 0 spiro atoms. The van der Waals surface area contributed by atoms with Crippen LogP contribution >= 0.6 is 7.82 Å². The first kappa shape index (κ1) is 56.7. The Balaban J connectivity index is 4.50. The van der Waals surface area contributed by atoms with Crippen LogP contribution in [0.5, 0.6) is 0 Å². The van der Waals surface area contributed by atoms with Gasteiger partial charge in [-0.1, -0.05) is 142 Å². The summed E-state index contributed by atoms with van der Waals surface area (Å²) < 4.78 is 34.3. The smallest absolute Gasteiger partial charge is 0.462 e. The second kappa shape index (κ2) is 41.0. The lowest BCUT2D eigenvalue weighted by Gasteiger charge is -2.24. The monoisotopic (exact) mass is 857 g/mol. The van der Waals surface area contributed by atoms with Crippen molar-refractivity contribution in [2.24, 2.45) is 0 Å². The van der Waals surface area contributed by atoms with Crippen LogP contribution < -0.4 is 0 Å². The van der Waals surface area contributed by atoms with Gasteiger partial charge in [0.2, 0.25) is 0 Å². The molecule has 60 heavy (non-hydrogen) atoms. The van der Waals surface area contributed by atoms with Gasteiger partial charge in [0.05, 0.1) is 27.7 Å². The summed E-state index contributed by atoms with van der Waals surface area (Å²) in [5.74, 6) is -0.886. The first-order valence-electron chi connectivity index (χ1n) is 22.6. The number of nitrogens with zero attached hydrogens (tertiary/aromatic N) is 1. The molecule has 0 amide bonds. The molecule has 9 nitrogen and oxygen atoms in total. The maximum atomic E-state index is 12.7. The van der Waals surface area contributed by atoms with Crippen LogP contribution in [0.1, 0.15) is 142 Å². The number of carbonyl (C=O) groups is 2. The van der Waals surface area contributed by atoms with Crippen LogP contribution in [0.15, 0.2) is 109 Å². The Kier molecular flexibility index (Phi) is 38.8. The van der Waals surface area contributed by atoms with Crippen molar-refractivity contribution in [3.63, 3.8) is 0 Å². The summed E-state index contributed by atoms with van der Waals surface area (Å²) in [5.41, 5.74) is 0. The Morgan fingerprint density at radius 2 is 0.950 bits per heavy atom. The number of esters is 2. The SMILES string of the molecule is CC/C=C/C/C=C/C/C=C/C/C=C/C/C=C/CCCCCC(=O)O[C@H](COC(=O)CCCCC/C=C/C/C=C/C/C=C/C/C=C/CCC)COP(=O)(O)OCC[N+](C)(C)C. The average Bonchev–Trinajstić information content (AvgIpc) is 3.20. The second-order valence-electron chi connectivity index (χ2n) is 15.7. The van der Waals surface area contributed by atoms with Crippen molar-refractivity contribution in [1.82, 2.24) is 0 Å². The van der Waals surface area contributed by atoms with Gasteiger partial charge in [-0.2, -0.15) is 0 Å². The van der Waals surface area contributed by atoms with E-state index in [0.29, 0.717) is 23.9 Å². The fourth-order valence-corrected chi connectivity index (χ4v) is 6.01. The van der Waals surface area contributed by atoms with Crippen LogP contribution in [0.3, 0.4) is 0 Å². The van der Waals surface area contributed by atoms with Crippen LogP contribution in [0.4, 0.5) is 0 Å². The number of hydrogen-bond acceptors (Lipinski definition) is 7. The summed E-state index contributed by atoms with van der Waals surface area (Å²) in [6, 6.07) is 0. The third kappa shape index (κ3) is 44.2. The molecule has 1 unspecified atom stereocenters. The van der Waals surface area contributed by atoms with E-state index in [1.54, 1.807) is 0 Å². The number of phosphoric ester groups is 1. The lowest BCUT2D eigenvalue weighted by Crippen LogP contribution is -2.37. The van der Waals surface area contributed by atoms with Gasteiger partial charge in [-0.05, 0) is 96.3 Å². The summed E-state index contributed by atoms with van der Waals surface area (Å²) in [6.45, 7) is 4.13. The van der Waals surface area contributed by atoms with E-state index >= 15 is 0 Å². The fourth-order valence-electron chi connectivity index (χ4n) is 5.26. The van der Waals surface area contributed by atoms with E-state index in [0.717, 1.165) is 96.3 Å². The Hall–Kier alpha value is -3.33. The minimum absolute atomic E-state index is 0.0126. The molecular formula is C50H83NO8P+. The van der Waals surface area contributed by atoms with Gasteiger partial charge in [0.15, 0.2) is 6.10 Å². The van der Waals surface area contributed by atoms with E-state index in [2.05, 4.69) is 123 Å². The van der Waals surface area contributed by atoms with E-state index in [1.165, 1.54) is 6.42 Å². The van der Waals surface area contributed by atoms with Gasteiger partial charge < -0.3 is 18.9 Å². The zero-order valence-electron chi connectivity index (χ0n) is 38.1. The highest BCUT2D eigenvalue weighted by Gasteiger charge is 2.27. The molecule has 340 valence electrons. The molecule has 0 aromatic heterocycles. The second-order valence-corrected chi connectivity index (χ2v) is 17.1. The minimum atomic E-state index is -4.40. The largest absolute Gasteiger partial charge is 0.472 e. The molecule has 0 aromatic carbocycles. The summed E-state index contributed by atoms with van der Waals surface area (Å²) in [5, 5.41) is 0. The highest BCUT2D eigenvalue weighted by molar-refractivity contribution is 7.47. The van der Waals surface area contributed by atoms with Crippen molar-refractivity contribution in [2.45, 2.75) is 148 Å². The van der Waals surface area contributed by atoms with Crippen molar-refractivity contribution >= 4 is 19.8 Å². The molecule has 0 saturated carbocycles. The standard InChI is InChI=1S/C50H82NO8P/c1-6-8-10-12-14-16-18-20-22-24-25-27-29-31-33-35-37-39-41-43-50(53)59-48(47-58-60(54,55)57-45-44-51(3,4)5)46-56-49(52)42-40-38-36-34-32-30-28-26-23-21-19-17-15-13-11-9-7-2/h8,10-11,13-14,16-17,19-20,22-23,25-27,30-33,48H,6-7,9,12,15,18,21,24,28-29,34-47H2,1-5H3/p+1/b10-8+,13-11+,16-14+,19-17+,22-20+,26-23+,27-25+,32-30+,33-31+/t48-/m1/s1. The molecule has 0 aromatic rings. The zero-order valence-corrected chi connectivity index (χ0v) is 39.0. The highest BCUT2D eigenvalue weighted by atomic mass is 31.2. The van der Waals surface area contributed by atoms with E-state index in [-0.39, 0.29) is 26.1 Å². The number of likely N-dealkylation sites (N-methyl/N-ethyl adjacent to an activating group) is 1. The van der Waals surface area contributed by atoms with E-state index in [9.17, 15) is 19.0 Å². The van der Waals surface area contributed by atoms with Crippen LogP contribution in [0, 0.1) is 0 Å². The molecule has 2 atom stereocenters. The number of phosphoric acid groups is 1. The van der Waals surface area contributed by atoms with E-state index < -0.39 is 32.5 Å². The van der Waals surface area contributed by atoms with Crippen LogP contribution in [-0.4, -0.2) is 74.9 Å². The number of carbonyl (C=O) groups excluding carboxylic acids is 2. The van der Waals surface area contributed by atoms with Crippen LogP contribution in [0.25, 0.3) is 0 Å². The van der Waals surface area contributed by atoms with Crippen molar-refractivity contribution in [3.8, 4) is 0 Å². The van der Waals surface area contributed by atoms with Gasteiger partial charge in [0.1, 0.15) is 19.8 Å². The van der Waals surface area contributed by atoms with Gasteiger partial charge in [0.25, 0.3) is 0 Å². The zero-order chi connectivity index (χ0) is 44.3. The van der Waals surface area contributed by atoms with Gasteiger partial charge in [-0.15, -0.1) is 0 Å². The molecule has 0 bridgehead atoms. The molecule has 0 saturated heterocycles. The first-order valence-corrected chi connectivity index (χ1v) is 24.1. The predicted octanol–water partition coefficient (Wildman–Crippen LogP) is 13.1. The number of hydrogen-bond donors (Lipinski definition) is 1. The minimum Gasteiger partial charge on any atom is -0.462 e. The Morgan fingerprint density at radius 1 is 0.533 bits per heavy atom. The van der Waals surface area contributed by atoms with Crippen molar-refractivity contribution < 1.29 is 42.1 Å². The third-order valence-corrected chi connectivity index (χ3v) is 9.75. The number of unbranched alkanes of at least 4 members (excludes halogenated alkanes) is 7. The number of quaternary nitrogens is 1. The number of rotatable bonds is 39. The summed E-state index contributed by atoms with van der Waals surface area (Å²) in [7, 11) is 1.41. The lowest BCUT2D eigenvalue weighted by molar-refractivity contribution is -0.870. The number of ether oxygens (including phenoxy) is 2. The van der Waals surface area contributed by atoms with E-state index in [1.807, 2.05) is 21.1 Å². The van der Waals surface area contributed by atoms with Gasteiger partial charge in [-0.3, -0.25) is 18.6 Å². The molecule has 0 heterocycles. The Bertz CT molecular complexity index is 1380. The summed E-state index contributed by atoms with van der Waals surface area (Å²) in [6.07, 6.45) is 55.6. The maximum Gasteiger partial charge on any atom is 0.472 e. The topological polar surface area (TPSA) is 108 Å². The molecule has 1 N–H and O–H groups in total. The van der Waals surface area contributed by atoms with Crippen molar-refractivity contribution in [2.75, 3.05) is 47.5 Å². The lowest BCUT2D eigenvalue weighted by atomic mass is 10.1. The Morgan fingerprint density at radius 3 is 1.38 bits per heavy atom. The molecule has 0 aliphatic heterocycles. The van der Waals surface area contributed by atoms with E-state index in [4.69, 9.17) is 18.5 Å². The normalized spacial score (nSPS) is 14.6. The third-order valence-electron chi connectivity index (χ3n) is 8.77. The highest BCUT2D eigenvalue weighted by Crippen LogP contribution is 2.43. The van der Waals surface area contributed by atoms with Gasteiger partial charge in [-0.25, -0.2) is 4.57 Å². The fraction of sp³-hybridized carbons (Fsp3) is 0.600. The van der Waals surface area contributed by atoms with Gasteiger partial charge >= 0.3 is 19.8 Å². The average molecular weight is 857 g/mol. The molecule has 0 rings (SSSR count). The van der Waals surface area contributed by atoms with Crippen molar-refractivity contribution in [1.29, 1.82) is 0 Å². The molecule has 0 radical (unpaired) electrons. The molecule has 0 fully saturated rings. The van der Waals surface area contributed by atoms with Crippen LogP contribution in [-0.2, 0) is 32.7 Å². The summed E-state index contributed by atoms with van der Waals surface area (Å²) in [4.78, 5) is 35.4. The first-order chi connectivity index (χ1) is 29.0. The summed E-state index contributed by atoms with van der Waals surface area (Å²) >= 11 is 0. The Labute approximate surface area is 366 Å². The molecule has 10 heteroatoms. The molecule has 0 aliphatic rings. The molecule has 0 aliphatic carbocycles. The quantitative estimate of drug-likeness (QED) is 0.0214.